The van der Waals surface area contributed by atoms with E-state index < -0.39 is 6.10 Å². The van der Waals surface area contributed by atoms with E-state index in [0.717, 1.165) is 29.4 Å². The number of aliphatic hydroxyl groups excluding tert-OH is 1. The van der Waals surface area contributed by atoms with Crippen LogP contribution < -0.4 is 15.4 Å². The summed E-state index contributed by atoms with van der Waals surface area (Å²) in [4.78, 5) is 4.61. The first-order chi connectivity index (χ1) is 12.7. The predicted molar refractivity (Wildman–Crippen MR) is 122 cm³/mol. The van der Waals surface area contributed by atoms with Crippen molar-refractivity contribution in [3.63, 3.8) is 0 Å². The molecule has 1 atom stereocenters. The van der Waals surface area contributed by atoms with E-state index in [9.17, 15) is 5.11 Å². The Balaban J connectivity index is 0.00000364. The molecule has 3 N–H and O–H groups in total. The molecule has 0 bridgehead atoms. The van der Waals surface area contributed by atoms with Crippen molar-refractivity contribution in [3.8, 4) is 5.75 Å². The van der Waals surface area contributed by atoms with Crippen LogP contribution in [0.5, 0.6) is 5.75 Å². The van der Waals surface area contributed by atoms with Crippen molar-refractivity contribution in [3.05, 3.63) is 65.7 Å². The van der Waals surface area contributed by atoms with Crippen LogP contribution in [0.3, 0.4) is 0 Å². The third-order valence-corrected chi connectivity index (χ3v) is 3.87. The van der Waals surface area contributed by atoms with Gasteiger partial charge in [0.1, 0.15) is 5.75 Å². The lowest BCUT2D eigenvalue weighted by Gasteiger charge is -2.14. The van der Waals surface area contributed by atoms with Crippen LogP contribution in [-0.2, 0) is 6.54 Å². The zero-order chi connectivity index (χ0) is 18.6. The highest BCUT2D eigenvalue weighted by Crippen LogP contribution is 2.15. The smallest absolute Gasteiger partial charge is 0.191 e. The van der Waals surface area contributed by atoms with E-state index in [4.69, 9.17) is 4.74 Å². The molecular weight excluding hydrogens is 453 g/mol. The molecule has 0 saturated heterocycles. The van der Waals surface area contributed by atoms with Crippen molar-refractivity contribution in [2.75, 3.05) is 19.7 Å². The fourth-order valence-corrected chi connectivity index (χ4v) is 2.58. The van der Waals surface area contributed by atoms with Crippen molar-refractivity contribution in [1.29, 1.82) is 0 Å². The van der Waals surface area contributed by atoms with E-state index in [1.807, 2.05) is 68.4 Å². The van der Waals surface area contributed by atoms with Gasteiger partial charge >= 0.3 is 0 Å². The van der Waals surface area contributed by atoms with Crippen LogP contribution in [0, 0.1) is 0 Å². The molecule has 27 heavy (non-hydrogen) atoms. The second-order valence-electron chi connectivity index (χ2n) is 5.92. The molecule has 0 amide bonds. The number of hydrogen-bond donors (Lipinski definition) is 3. The maximum Gasteiger partial charge on any atom is 0.191 e. The minimum Gasteiger partial charge on any atom is -0.494 e. The van der Waals surface area contributed by atoms with Crippen LogP contribution in [-0.4, -0.2) is 30.8 Å². The summed E-state index contributed by atoms with van der Waals surface area (Å²) in [6, 6.07) is 17.7. The first-order valence-corrected chi connectivity index (χ1v) is 9.19. The van der Waals surface area contributed by atoms with Crippen molar-refractivity contribution in [2.45, 2.75) is 32.9 Å². The Labute approximate surface area is 179 Å². The molecule has 0 fully saturated rings. The lowest BCUT2D eigenvalue weighted by molar-refractivity contribution is 0.168. The van der Waals surface area contributed by atoms with E-state index in [1.54, 1.807) is 0 Å². The monoisotopic (exact) mass is 483 g/mol. The van der Waals surface area contributed by atoms with Gasteiger partial charge in [-0.2, -0.15) is 0 Å². The quantitative estimate of drug-likeness (QED) is 0.288. The van der Waals surface area contributed by atoms with E-state index >= 15 is 0 Å². The molecule has 5 nitrogen and oxygen atoms in total. The molecule has 0 aliphatic rings. The van der Waals surface area contributed by atoms with Crippen LogP contribution in [0.4, 0.5) is 0 Å². The fraction of sp³-hybridized carbons (Fsp3) is 0.381. The highest BCUT2D eigenvalue weighted by Gasteiger charge is 2.07. The zero-order valence-corrected chi connectivity index (χ0v) is 18.4. The summed E-state index contributed by atoms with van der Waals surface area (Å²) in [5.41, 5.74) is 2.03. The van der Waals surface area contributed by atoms with Crippen LogP contribution in [0.2, 0.25) is 0 Å². The molecule has 6 heteroatoms. The number of guanidine groups is 1. The Morgan fingerprint density at radius 3 is 2.56 bits per heavy atom. The van der Waals surface area contributed by atoms with Crippen LogP contribution in [0.1, 0.15) is 37.5 Å². The Kier molecular flexibility index (Phi) is 11.5. The molecule has 0 aromatic heterocycles. The molecule has 0 aliphatic carbocycles. The molecule has 0 aliphatic heterocycles. The first-order valence-electron chi connectivity index (χ1n) is 9.19. The summed E-state index contributed by atoms with van der Waals surface area (Å²) in [5, 5.41) is 16.7. The third-order valence-electron chi connectivity index (χ3n) is 3.87. The average Bonchev–Trinajstić information content (AvgIpc) is 2.67. The van der Waals surface area contributed by atoms with Gasteiger partial charge < -0.3 is 20.5 Å². The fourth-order valence-electron chi connectivity index (χ4n) is 2.58. The zero-order valence-electron chi connectivity index (χ0n) is 16.0. The lowest BCUT2D eigenvalue weighted by Crippen LogP contribution is -2.38. The van der Waals surface area contributed by atoms with Crippen LogP contribution in [0.25, 0.3) is 0 Å². The molecule has 0 saturated carbocycles. The van der Waals surface area contributed by atoms with Gasteiger partial charge in [0, 0.05) is 13.1 Å². The molecule has 2 aromatic carbocycles. The number of rotatable bonds is 9. The summed E-state index contributed by atoms with van der Waals surface area (Å²) in [7, 11) is 0. The van der Waals surface area contributed by atoms with E-state index in [-0.39, 0.29) is 24.0 Å². The van der Waals surface area contributed by atoms with Crippen molar-refractivity contribution >= 4 is 29.9 Å². The maximum atomic E-state index is 10.2. The highest BCUT2D eigenvalue weighted by molar-refractivity contribution is 14.0. The topological polar surface area (TPSA) is 65.9 Å². The minimum atomic E-state index is -0.477. The van der Waals surface area contributed by atoms with Crippen LogP contribution in [0.15, 0.2) is 59.6 Å². The van der Waals surface area contributed by atoms with Gasteiger partial charge in [-0.1, -0.05) is 42.5 Å². The van der Waals surface area contributed by atoms with Gasteiger partial charge in [-0.3, -0.25) is 0 Å². The molecule has 148 valence electrons. The Hall–Kier alpha value is -1.80. The van der Waals surface area contributed by atoms with Gasteiger partial charge in [-0.15, -0.1) is 24.0 Å². The number of benzene rings is 2. The van der Waals surface area contributed by atoms with Gasteiger partial charge in [0.05, 0.1) is 19.3 Å². The first kappa shape index (κ1) is 23.2. The van der Waals surface area contributed by atoms with Gasteiger partial charge in [-0.25, -0.2) is 4.99 Å². The van der Waals surface area contributed by atoms with Gasteiger partial charge in [-0.05, 0) is 43.5 Å². The number of nitrogens with zero attached hydrogens (tertiary/aromatic N) is 1. The standard InChI is InChI=1S/C21H29N3O2.HI/c1-3-22-21(23-14-13-20(25)18-10-6-5-7-11-18)24-16-17-9-8-12-19(15-17)26-4-2;/h5-12,15,20,25H,3-4,13-14,16H2,1-2H3,(H2,22,23,24);1H. The van der Waals surface area contributed by atoms with Gasteiger partial charge in [0.15, 0.2) is 5.96 Å². The largest absolute Gasteiger partial charge is 0.494 e. The number of ether oxygens (including phenoxy) is 1. The van der Waals surface area contributed by atoms with E-state index in [2.05, 4.69) is 15.6 Å². The molecule has 0 heterocycles. The third kappa shape index (κ3) is 8.62. The molecule has 0 spiro atoms. The molecule has 2 aromatic rings. The minimum absolute atomic E-state index is 0. The SMILES string of the molecule is CCNC(=NCc1cccc(OCC)c1)NCCC(O)c1ccccc1.I. The van der Waals surface area contributed by atoms with Crippen molar-refractivity contribution in [1.82, 2.24) is 10.6 Å². The summed E-state index contributed by atoms with van der Waals surface area (Å²) in [6.45, 7) is 6.65. The Morgan fingerprint density at radius 2 is 1.85 bits per heavy atom. The normalized spacial score (nSPS) is 12.0. The second-order valence-corrected chi connectivity index (χ2v) is 5.92. The summed E-state index contributed by atoms with van der Waals surface area (Å²) < 4.78 is 5.53. The molecule has 1 unspecified atom stereocenters. The van der Waals surface area contributed by atoms with Crippen LogP contribution >= 0.6 is 24.0 Å². The van der Waals surface area contributed by atoms with Crippen molar-refractivity contribution < 1.29 is 9.84 Å². The molecule has 0 radical (unpaired) electrons. The maximum absolute atomic E-state index is 10.2. The summed E-state index contributed by atoms with van der Waals surface area (Å²) in [5.74, 6) is 1.61. The second kappa shape index (κ2) is 13.4. The van der Waals surface area contributed by atoms with E-state index in [1.165, 1.54) is 0 Å². The number of hydrogen-bond acceptors (Lipinski definition) is 3. The summed E-state index contributed by atoms with van der Waals surface area (Å²) >= 11 is 0. The highest BCUT2D eigenvalue weighted by atomic mass is 127. The van der Waals surface area contributed by atoms with Gasteiger partial charge in [0.25, 0.3) is 0 Å². The Morgan fingerprint density at radius 1 is 1.07 bits per heavy atom. The Bertz CT molecular complexity index is 680. The lowest BCUT2D eigenvalue weighted by atomic mass is 10.1. The summed E-state index contributed by atoms with van der Waals surface area (Å²) in [6.07, 6.45) is 0.142. The van der Waals surface area contributed by atoms with E-state index in [0.29, 0.717) is 26.1 Å². The van der Waals surface area contributed by atoms with Gasteiger partial charge in [0.2, 0.25) is 0 Å². The number of nitrogens with one attached hydrogen (secondary N) is 2. The average molecular weight is 483 g/mol. The predicted octanol–water partition coefficient (Wildman–Crippen LogP) is 3.88. The molecular formula is C21H30IN3O2. The number of halogens is 1. The number of aliphatic imine (C=N–C) groups is 1. The van der Waals surface area contributed by atoms with Crippen molar-refractivity contribution in [2.24, 2.45) is 4.99 Å². The molecule has 2 rings (SSSR count). The number of aliphatic hydroxyl groups is 1.